The third-order valence-corrected chi connectivity index (χ3v) is 2.18. The van der Waals surface area contributed by atoms with Gasteiger partial charge in [0, 0.05) is 6.42 Å². The maximum absolute atomic E-state index is 11.6. The second kappa shape index (κ2) is 6.24. The van der Waals surface area contributed by atoms with Crippen LogP contribution in [0.5, 0.6) is 0 Å². The Kier molecular flexibility index (Phi) is 4.95. The molecule has 1 aromatic rings. The van der Waals surface area contributed by atoms with Gasteiger partial charge in [-0.05, 0) is 26.3 Å². The molecule has 0 bridgehead atoms. The number of carbonyl (C=O) groups is 1. The van der Waals surface area contributed by atoms with Crippen molar-refractivity contribution in [1.82, 2.24) is 0 Å². The van der Waals surface area contributed by atoms with Crippen molar-refractivity contribution in [3.05, 3.63) is 48.6 Å². The van der Waals surface area contributed by atoms with Gasteiger partial charge in [0.1, 0.15) is 11.7 Å². The van der Waals surface area contributed by atoms with E-state index >= 15 is 0 Å². The molecule has 0 aliphatic carbocycles. The molecule has 98 valence electrons. The third-order valence-electron chi connectivity index (χ3n) is 2.18. The van der Waals surface area contributed by atoms with Crippen LogP contribution in [0.4, 0.5) is 4.79 Å². The van der Waals surface area contributed by atoms with Crippen LogP contribution >= 0.6 is 0 Å². The first-order valence-electron chi connectivity index (χ1n) is 5.98. The average Bonchev–Trinajstić information content (AvgIpc) is 2.27. The largest absolute Gasteiger partial charge is 0.509 e. The minimum absolute atomic E-state index is 0.349. The van der Waals surface area contributed by atoms with Gasteiger partial charge in [-0.2, -0.15) is 0 Å². The van der Waals surface area contributed by atoms with Gasteiger partial charge < -0.3 is 9.47 Å². The fourth-order valence-corrected chi connectivity index (χ4v) is 1.46. The highest BCUT2D eigenvalue weighted by molar-refractivity contribution is 5.61. The van der Waals surface area contributed by atoms with Crippen LogP contribution in [0.3, 0.4) is 0 Å². The fraction of sp³-hybridized carbons (Fsp3) is 0.400. The van der Waals surface area contributed by atoms with Crippen LogP contribution in [0.25, 0.3) is 0 Å². The topological polar surface area (TPSA) is 35.5 Å². The first-order chi connectivity index (χ1) is 8.42. The molecule has 18 heavy (non-hydrogen) atoms. The van der Waals surface area contributed by atoms with Crippen molar-refractivity contribution >= 4 is 6.16 Å². The highest BCUT2D eigenvalue weighted by Gasteiger charge is 2.21. The zero-order chi connectivity index (χ0) is 13.6. The molecule has 1 aromatic carbocycles. The molecule has 0 aliphatic rings. The monoisotopic (exact) mass is 248 g/mol. The van der Waals surface area contributed by atoms with E-state index in [0.717, 1.165) is 5.56 Å². The van der Waals surface area contributed by atoms with Crippen LogP contribution in [0, 0.1) is 0 Å². The molecule has 0 saturated carbocycles. The van der Waals surface area contributed by atoms with Crippen LogP contribution in [0.2, 0.25) is 0 Å². The highest BCUT2D eigenvalue weighted by Crippen LogP contribution is 2.23. The molecular formula is C15H20O3. The SMILES string of the molecule is C=CC[C@H](OC(=O)OC(C)(C)C)c1ccccc1. The first-order valence-corrected chi connectivity index (χ1v) is 5.98. The second-order valence-electron chi connectivity index (χ2n) is 5.01. The van der Waals surface area contributed by atoms with E-state index in [1.165, 1.54) is 0 Å². The van der Waals surface area contributed by atoms with E-state index in [-0.39, 0.29) is 6.10 Å². The zero-order valence-electron chi connectivity index (χ0n) is 11.2. The maximum atomic E-state index is 11.6. The molecule has 0 radical (unpaired) electrons. The smallest absolute Gasteiger partial charge is 0.429 e. The highest BCUT2D eigenvalue weighted by atomic mass is 16.7. The lowest BCUT2D eigenvalue weighted by Gasteiger charge is -2.22. The molecule has 3 heteroatoms. The summed E-state index contributed by atoms with van der Waals surface area (Å²) in [5.41, 5.74) is 0.384. The van der Waals surface area contributed by atoms with Crippen LogP contribution in [-0.4, -0.2) is 11.8 Å². The lowest BCUT2D eigenvalue weighted by atomic mass is 10.1. The molecule has 0 aromatic heterocycles. The summed E-state index contributed by atoms with van der Waals surface area (Å²) in [5, 5.41) is 0. The van der Waals surface area contributed by atoms with Gasteiger partial charge in [-0.1, -0.05) is 36.4 Å². The van der Waals surface area contributed by atoms with Gasteiger partial charge in [0.05, 0.1) is 0 Å². The lowest BCUT2D eigenvalue weighted by molar-refractivity contribution is -0.0269. The quantitative estimate of drug-likeness (QED) is 0.590. The number of benzene rings is 1. The van der Waals surface area contributed by atoms with Gasteiger partial charge >= 0.3 is 6.16 Å². The number of hydrogen-bond acceptors (Lipinski definition) is 3. The van der Waals surface area contributed by atoms with E-state index in [1.54, 1.807) is 26.8 Å². The molecular weight excluding hydrogens is 228 g/mol. The molecule has 1 rings (SSSR count). The summed E-state index contributed by atoms with van der Waals surface area (Å²) in [6, 6.07) is 9.56. The molecule has 3 nitrogen and oxygen atoms in total. The molecule has 0 unspecified atom stereocenters. The van der Waals surface area contributed by atoms with E-state index in [9.17, 15) is 4.79 Å². The normalized spacial score (nSPS) is 12.6. The Labute approximate surface area is 108 Å². The molecule has 1 atom stereocenters. The average molecular weight is 248 g/mol. The van der Waals surface area contributed by atoms with Crippen molar-refractivity contribution in [2.75, 3.05) is 0 Å². The van der Waals surface area contributed by atoms with Crippen molar-refractivity contribution < 1.29 is 14.3 Å². The van der Waals surface area contributed by atoms with Gasteiger partial charge in [0.15, 0.2) is 0 Å². The molecule has 0 aliphatic heterocycles. The fourth-order valence-electron chi connectivity index (χ4n) is 1.46. The number of carbonyl (C=O) groups excluding carboxylic acids is 1. The van der Waals surface area contributed by atoms with Crippen LogP contribution in [-0.2, 0) is 9.47 Å². The Balaban J connectivity index is 2.70. The molecule has 0 heterocycles. The van der Waals surface area contributed by atoms with Gasteiger partial charge in [-0.3, -0.25) is 0 Å². The summed E-state index contributed by atoms with van der Waals surface area (Å²) in [4.78, 5) is 11.6. The standard InChI is InChI=1S/C15H20O3/c1-5-9-13(12-10-7-6-8-11-12)17-14(16)18-15(2,3)4/h5-8,10-11,13H,1,9H2,2-4H3/t13-/m0/s1. The third kappa shape index (κ3) is 5.04. The summed E-state index contributed by atoms with van der Waals surface area (Å²) in [7, 11) is 0. The van der Waals surface area contributed by atoms with Gasteiger partial charge in [-0.15, -0.1) is 6.58 Å². The van der Waals surface area contributed by atoms with Crippen LogP contribution in [0.1, 0.15) is 38.9 Å². The van der Waals surface area contributed by atoms with E-state index in [1.807, 2.05) is 30.3 Å². The predicted octanol–water partition coefficient (Wildman–Crippen LogP) is 4.26. The molecule has 0 fully saturated rings. The van der Waals surface area contributed by atoms with Crippen LogP contribution in [0.15, 0.2) is 43.0 Å². The summed E-state index contributed by atoms with van der Waals surface area (Å²) < 4.78 is 10.5. The van der Waals surface area contributed by atoms with Crippen molar-refractivity contribution in [2.24, 2.45) is 0 Å². The van der Waals surface area contributed by atoms with Crippen molar-refractivity contribution in [3.63, 3.8) is 0 Å². The number of ether oxygens (including phenoxy) is 2. The summed E-state index contributed by atoms with van der Waals surface area (Å²) in [6.45, 7) is 9.09. The predicted molar refractivity (Wildman–Crippen MR) is 71.3 cm³/mol. The number of hydrogen-bond donors (Lipinski definition) is 0. The Hall–Kier alpha value is -1.77. The molecule has 0 saturated heterocycles. The summed E-state index contributed by atoms with van der Waals surface area (Å²) >= 11 is 0. The Bertz CT molecular complexity index is 390. The lowest BCUT2D eigenvalue weighted by Crippen LogP contribution is -2.25. The van der Waals surface area contributed by atoms with E-state index in [4.69, 9.17) is 9.47 Å². The molecule has 0 spiro atoms. The first kappa shape index (κ1) is 14.3. The Morgan fingerprint density at radius 3 is 2.44 bits per heavy atom. The minimum Gasteiger partial charge on any atom is -0.429 e. The van der Waals surface area contributed by atoms with Crippen molar-refractivity contribution in [1.29, 1.82) is 0 Å². The van der Waals surface area contributed by atoms with Gasteiger partial charge in [-0.25, -0.2) is 4.79 Å². The second-order valence-corrected chi connectivity index (χ2v) is 5.01. The van der Waals surface area contributed by atoms with Gasteiger partial charge in [0.2, 0.25) is 0 Å². The van der Waals surface area contributed by atoms with Crippen molar-refractivity contribution in [3.8, 4) is 0 Å². The van der Waals surface area contributed by atoms with Gasteiger partial charge in [0.25, 0.3) is 0 Å². The molecule has 0 N–H and O–H groups in total. The zero-order valence-corrected chi connectivity index (χ0v) is 11.2. The Morgan fingerprint density at radius 1 is 1.33 bits per heavy atom. The van der Waals surface area contributed by atoms with E-state index in [0.29, 0.717) is 6.42 Å². The van der Waals surface area contributed by atoms with E-state index in [2.05, 4.69) is 6.58 Å². The van der Waals surface area contributed by atoms with E-state index < -0.39 is 11.8 Å². The van der Waals surface area contributed by atoms with Crippen LogP contribution < -0.4 is 0 Å². The molecule has 0 amide bonds. The summed E-state index contributed by atoms with van der Waals surface area (Å²) in [6.07, 6.45) is 1.28. The minimum atomic E-state index is -0.654. The Morgan fingerprint density at radius 2 is 1.94 bits per heavy atom. The number of rotatable bonds is 4. The maximum Gasteiger partial charge on any atom is 0.509 e. The van der Waals surface area contributed by atoms with Crippen molar-refractivity contribution in [2.45, 2.75) is 38.9 Å². The summed E-state index contributed by atoms with van der Waals surface area (Å²) in [5.74, 6) is 0.